The third-order valence-corrected chi connectivity index (χ3v) is 4.43. The number of pyridine rings is 1. The molecular weight excluding hydrogens is 388 g/mol. The Kier molecular flexibility index (Phi) is 6.85. The summed E-state index contributed by atoms with van der Waals surface area (Å²) in [4.78, 5) is 28.3. The monoisotopic (exact) mass is 409 g/mol. The Bertz CT molecular complexity index is 1120. The first-order valence-electron chi connectivity index (χ1n) is 9.44. The van der Waals surface area contributed by atoms with Crippen LogP contribution in [-0.4, -0.2) is 22.9 Å². The van der Waals surface area contributed by atoms with Gasteiger partial charge in [0.15, 0.2) is 0 Å². The van der Waals surface area contributed by atoms with E-state index in [2.05, 4.69) is 10.3 Å². The summed E-state index contributed by atoms with van der Waals surface area (Å²) < 4.78 is 28.4. The van der Waals surface area contributed by atoms with Crippen LogP contribution < -0.4 is 10.8 Å². The summed E-state index contributed by atoms with van der Waals surface area (Å²) in [5.74, 6) is -2.85. The van der Waals surface area contributed by atoms with Gasteiger partial charge in [-0.15, -0.1) is 0 Å². The van der Waals surface area contributed by atoms with Crippen LogP contribution in [0.15, 0.2) is 71.9 Å². The molecule has 3 rings (SSSR count). The average Bonchev–Trinajstić information content (AvgIpc) is 2.71. The summed E-state index contributed by atoms with van der Waals surface area (Å²) >= 11 is 0. The van der Waals surface area contributed by atoms with Crippen molar-refractivity contribution in [2.45, 2.75) is 19.9 Å². The lowest BCUT2D eigenvalue weighted by Gasteiger charge is -2.08. The van der Waals surface area contributed by atoms with Crippen LogP contribution in [0.2, 0.25) is 0 Å². The van der Waals surface area contributed by atoms with Crippen LogP contribution in [-0.2, 0) is 11.3 Å². The first-order chi connectivity index (χ1) is 14.4. The van der Waals surface area contributed by atoms with Crippen LogP contribution in [0.4, 0.5) is 8.78 Å². The van der Waals surface area contributed by atoms with Crippen molar-refractivity contribution in [2.24, 2.45) is 4.99 Å². The van der Waals surface area contributed by atoms with Gasteiger partial charge in [0.05, 0.1) is 5.56 Å². The van der Waals surface area contributed by atoms with E-state index < -0.39 is 23.4 Å². The van der Waals surface area contributed by atoms with Crippen molar-refractivity contribution in [3.8, 4) is 0 Å². The minimum absolute atomic E-state index is 0.0111. The predicted octanol–water partition coefficient (Wildman–Crippen LogP) is 3.37. The van der Waals surface area contributed by atoms with E-state index in [0.717, 1.165) is 17.7 Å². The Hall–Kier alpha value is -3.61. The molecular formula is C23H21F2N3O2. The third-order valence-electron chi connectivity index (χ3n) is 4.43. The van der Waals surface area contributed by atoms with Gasteiger partial charge in [-0.3, -0.25) is 9.59 Å². The molecule has 0 atom stereocenters. The maximum atomic E-state index is 13.6. The van der Waals surface area contributed by atoms with Crippen molar-refractivity contribution in [1.29, 1.82) is 0 Å². The first-order valence-corrected chi connectivity index (χ1v) is 9.44. The Morgan fingerprint density at radius 3 is 2.53 bits per heavy atom. The third kappa shape index (κ3) is 5.70. The van der Waals surface area contributed by atoms with Crippen molar-refractivity contribution in [1.82, 2.24) is 9.88 Å². The number of nitrogens with one attached hydrogen (secondary N) is 1. The van der Waals surface area contributed by atoms with Gasteiger partial charge in [-0.1, -0.05) is 35.9 Å². The van der Waals surface area contributed by atoms with E-state index in [1.165, 1.54) is 5.56 Å². The number of aromatic nitrogens is 1. The summed E-state index contributed by atoms with van der Waals surface area (Å²) in [5.41, 5.74) is 2.47. The van der Waals surface area contributed by atoms with Gasteiger partial charge in [-0.2, -0.15) is 4.99 Å². The summed E-state index contributed by atoms with van der Waals surface area (Å²) in [6, 6.07) is 16.2. The van der Waals surface area contributed by atoms with E-state index >= 15 is 0 Å². The van der Waals surface area contributed by atoms with E-state index in [1.807, 2.05) is 48.0 Å². The molecule has 0 saturated heterocycles. The number of rotatable bonds is 6. The topological polar surface area (TPSA) is 63.5 Å². The van der Waals surface area contributed by atoms with E-state index in [0.29, 0.717) is 18.1 Å². The number of carbonyl (C=O) groups excluding carboxylic acids is 2. The molecule has 1 heterocycles. The van der Waals surface area contributed by atoms with Crippen molar-refractivity contribution in [3.63, 3.8) is 0 Å². The summed E-state index contributed by atoms with van der Waals surface area (Å²) in [6.07, 6.45) is 1.79. The molecule has 3 aromatic rings. The van der Waals surface area contributed by atoms with Gasteiger partial charge >= 0.3 is 0 Å². The summed E-state index contributed by atoms with van der Waals surface area (Å²) in [6.45, 7) is 2.57. The maximum Gasteiger partial charge on any atom is 0.254 e. The molecule has 1 aromatic heterocycles. The molecule has 154 valence electrons. The highest BCUT2D eigenvalue weighted by atomic mass is 19.1. The van der Waals surface area contributed by atoms with Gasteiger partial charge in [0.25, 0.3) is 5.91 Å². The number of hydrogen-bond acceptors (Lipinski definition) is 2. The first kappa shape index (κ1) is 21.1. The fourth-order valence-corrected chi connectivity index (χ4v) is 2.83. The fraction of sp³-hybridized carbons (Fsp3) is 0.174. The molecule has 7 heteroatoms. The zero-order valence-corrected chi connectivity index (χ0v) is 16.4. The number of benzene rings is 2. The molecule has 0 saturated carbocycles. The van der Waals surface area contributed by atoms with Crippen LogP contribution in [0.3, 0.4) is 0 Å². The Morgan fingerprint density at radius 1 is 1.03 bits per heavy atom. The van der Waals surface area contributed by atoms with Crippen molar-refractivity contribution in [3.05, 3.63) is 101 Å². The van der Waals surface area contributed by atoms with Crippen molar-refractivity contribution < 1.29 is 18.4 Å². The smallest absolute Gasteiger partial charge is 0.254 e. The molecule has 2 aromatic carbocycles. The number of amides is 2. The van der Waals surface area contributed by atoms with Crippen molar-refractivity contribution in [2.75, 3.05) is 6.54 Å². The van der Waals surface area contributed by atoms with Crippen LogP contribution in [0.25, 0.3) is 0 Å². The van der Waals surface area contributed by atoms with Crippen LogP contribution in [0, 0.1) is 18.6 Å². The van der Waals surface area contributed by atoms with Gasteiger partial charge in [0, 0.05) is 31.8 Å². The predicted molar refractivity (Wildman–Crippen MR) is 109 cm³/mol. The molecule has 0 aliphatic heterocycles. The minimum atomic E-state index is -0.954. The SMILES string of the molecule is Cc1ccc(Cn2ccccc2=NC(=O)CCNC(=O)c2ccc(F)cc2F)cc1. The lowest BCUT2D eigenvalue weighted by atomic mass is 10.1. The largest absolute Gasteiger partial charge is 0.351 e. The zero-order chi connectivity index (χ0) is 21.5. The Balaban J connectivity index is 1.62. The second kappa shape index (κ2) is 9.73. The molecule has 1 N–H and O–H groups in total. The van der Waals surface area contributed by atoms with Gasteiger partial charge < -0.3 is 9.88 Å². The van der Waals surface area contributed by atoms with Crippen molar-refractivity contribution >= 4 is 11.8 Å². The quantitative estimate of drug-likeness (QED) is 0.679. The lowest BCUT2D eigenvalue weighted by molar-refractivity contribution is -0.118. The highest BCUT2D eigenvalue weighted by Gasteiger charge is 2.12. The number of aryl methyl sites for hydroxylation is 1. The minimum Gasteiger partial charge on any atom is -0.351 e. The molecule has 0 spiro atoms. The molecule has 30 heavy (non-hydrogen) atoms. The molecule has 0 radical (unpaired) electrons. The normalized spacial score (nSPS) is 11.4. The second-order valence-electron chi connectivity index (χ2n) is 6.81. The van der Waals surface area contributed by atoms with Crippen LogP contribution >= 0.6 is 0 Å². The highest BCUT2D eigenvalue weighted by molar-refractivity contribution is 5.94. The zero-order valence-electron chi connectivity index (χ0n) is 16.4. The molecule has 0 bridgehead atoms. The van der Waals surface area contributed by atoms with Gasteiger partial charge in [0.2, 0.25) is 5.91 Å². The maximum absolute atomic E-state index is 13.6. The van der Waals surface area contributed by atoms with Gasteiger partial charge in [-0.25, -0.2) is 8.78 Å². The molecule has 0 fully saturated rings. The molecule has 2 amide bonds. The molecule has 0 aliphatic rings. The van der Waals surface area contributed by atoms with E-state index in [4.69, 9.17) is 0 Å². The number of carbonyl (C=O) groups is 2. The van der Waals surface area contributed by atoms with E-state index in [-0.39, 0.29) is 18.5 Å². The standard InChI is InChI=1S/C23H21F2N3O2/c1-16-5-7-17(8-6-16)15-28-13-3-2-4-21(28)27-22(29)11-12-26-23(30)19-10-9-18(24)14-20(19)25/h2-10,13-14H,11-12,15H2,1H3,(H,26,30). The fourth-order valence-electron chi connectivity index (χ4n) is 2.83. The van der Waals surface area contributed by atoms with Gasteiger partial charge in [0.1, 0.15) is 17.1 Å². The number of halogens is 2. The summed E-state index contributed by atoms with van der Waals surface area (Å²) in [5, 5.41) is 2.45. The second-order valence-corrected chi connectivity index (χ2v) is 6.81. The van der Waals surface area contributed by atoms with E-state index in [9.17, 15) is 18.4 Å². The van der Waals surface area contributed by atoms with Crippen LogP contribution in [0.1, 0.15) is 27.9 Å². The number of nitrogens with zero attached hydrogens (tertiary/aromatic N) is 2. The van der Waals surface area contributed by atoms with E-state index in [1.54, 1.807) is 12.1 Å². The lowest BCUT2D eigenvalue weighted by Crippen LogP contribution is -2.27. The number of hydrogen-bond donors (Lipinski definition) is 1. The molecule has 0 unspecified atom stereocenters. The average molecular weight is 409 g/mol. The summed E-state index contributed by atoms with van der Waals surface area (Å²) in [7, 11) is 0. The Morgan fingerprint density at radius 2 is 1.80 bits per heavy atom. The van der Waals surface area contributed by atoms with Gasteiger partial charge in [-0.05, 0) is 36.8 Å². The molecule has 5 nitrogen and oxygen atoms in total. The molecule has 0 aliphatic carbocycles. The Labute approximate surface area is 172 Å². The van der Waals surface area contributed by atoms with Crippen LogP contribution in [0.5, 0.6) is 0 Å². The highest BCUT2D eigenvalue weighted by Crippen LogP contribution is 2.09.